The third kappa shape index (κ3) is 2.44. The molecule has 0 bridgehead atoms. The molecular weight excluding hydrogens is 254 g/mol. The zero-order chi connectivity index (χ0) is 13.9. The maximum atomic E-state index is 11.9. The number of nitrogens with zero attached hydrogens (tertiary/aromatic N) is 4. The second-order valence-electron chi connectivity index (χ2n) is 4.39. The number of nitrogens with one attached hydrogen (secondary N) is 1. The molecule has 1 amide bonds. The molecule has 2 aromatic heterocycles. The fourth-order valence-electron chi connectivity index (χ4n) is 1.83. The van der Waals surface area contributed by atoms with E-state index in [9.17, 15) is 4.79 Å². The van der Waals surface area contributed by atoms with Crippen LogP contribution in [0, 0.1) is 0 Å². The summed E-state index contributed by atoms with van der Waals surface area (Å²) in [4.78, 5) is 15.9. The molecule has 6 nitrogen and oxygen atoms in total. The Morgan fingerprint density at radius 3 is 2.70 bits per heavy atom. The minimum absolute atomic E-state index is 0.252. The summed E-state index contributed by atoms with van der Waals surface area (Å²) in [5.74, 6) is -0.252. The van der Waals surface area contributed by atoms with Crippen LogP contribution in [0.25, 0.3) is 5.69 Å². The van der Waals surface area contributed by atoms with Crippen molar-refractivity contribution in [1.29, 1.82) is 0 Å². The molecule has 0 saturated heterocycles. The predicted molar refractivity (Wildman–Crippen MR) is 74.7 cm³/mol. The summed E-state index contributed by atoms with van der Waals surface area (Å²) in [5.41, 5.74) is 1.94. The van der Waals surface area contributed by atoms with Gasteiger partial charge in [0.05, 0.1) is 30.1 Å². The lowest BCUT2D eigenvalue weighted by molar-refractivity contribution is 0.102. The van der Waals surface area contributed by atoms with Crippen LogP contribution in [0.4, 0.5) is 5.69 Å². The van der Waals surface area contributed by atoms with Gasteiger partial charge in [-0.1, -0.05) is 18.2 Å². The maximum absolute atomic E-state index is 11.9. The van der Waals surface area contributed by atoms with Gasteiger partial charge < -0.3 is 9.88 Å². The number of aryl methyl sites for hydroxylation is 1. The van der Waals surface area contributed by atoms with Crippen LogP contribution in [0.15, 0.2) is 55.2 Å². The topological polar surface area (TPSA) is 64.7 Å². The monoisotopic (exact) mass is 267 g/mol. The van der Waals surface area contributed by atoms with Crippen molar-refractivity contribution < 1.29 is 4.79 Å². The van der Waals surface area contributed by atoms with Gasteiger partial charge in [-0.2, -0.15) is 5.10 Å². The fourth-order valence-corrected chi connectivity index (χ4v) is 1.83. The first-order valence-corrected chi connectivity index (χ1v) is 6.12. The third-order valence-electron chi connectivity index (χ3n) is 2.80. The van der Waals surface area contributed by atoms with Gasteiger partial charge in [0.1, 0.15) is 5.69 Å². The molecule has 0 radical (unpaired) electrons. The number of carbonyl (C=O) groups is 1. The first-order chi connectivity index (χ1) is 9.72. The number of hydrogen-bond acceptors (Lipinski definition) is 3. The number of amides is 1. The predicted octanol–water partition coefficient (Wildman–Crippen LogP) is 1.86. The quantitative estimate of drug-likeness (QED) is 0.787. The largest absolute Gasteiger partial charge is 0.340 e. The molecule has 6 heteroatoms. The summed E-state index contributed by atoms with van der Waals surface area (Å²) < 4.78 is 3.43. The highest BCUT2D eigenvalue weighted by Crippen LogP contribution is 2.12. The van der Waals surface area contributed by atoms with Crippen LogP contribution in [-0.2, 0) is 7.05 Å². The van der Waals surface area contributed by atoms with Gasteiger partial charge in [0, 0.05) is 13.2 Å². The molecule has 2 heterocycles. The smallest absolute Gasteiger partial charge is 0.275 e. The second-order valence-corrected chi connectivity index (χ2v) is 4.39. The maximum Gasteiger partial charge on any atom is 0.275 e. The summed E-state index contributed by atoms with van der Waals surface area (Å²) in [6, 6.07) is 9.69. The molecule has 0 aliphatic heterocycles. The Balaban J connectivity index is 1.76. The Morgan fingerprint density at radius 1 is 1.20 bits per heavy atom. The first-order valence-electron chi connectivity index (χ1n) is 6.12. The van der Waals surface area contributed by atoms with E-state index in [2.05, 4.69) is 15.4 Å². The summed E-state index contributed by atoms with van der Waals surface area (Å²) in [5, 5.41) is 6.98. The number of para-hydroxylation sites is 1. The minimum atomic E-state index is -0.252. The van der Waals surface area contributed by atoms with Gasteiger partial charge in [-0.25, -0.2) is 9.67 Å². The van der Waals surface area contributed by atoms with Gasteiger partial charge >= 0.3 is 0 Å². The normalized spacial score (nSPS) is 10.4. The number of carbonyl (C=O) groups excluding carboxylic acids is 1. The molecule has 0 unspecified atom stereocenters. The first kappa shape index (κ1) is 12.2. The Kier molecular flexibility index (Phi) is 3.04. The number of imidazole rings is 1. The molecule has 1 N–H and O–H groups in total. The van der Waals surface area contributed by atoms with Crippen LogP contribution in [0.3, 0.4) is 0 Å². The Labute approximate surface area is 115 Å². The molecule has 1 aromatic carbocycles. The van der Waals surface area contributed by atoms with Crippen molar-refractivity contribution in [1.82, 2.24) is 19.3 Å². The lowest BCUT2D eigenvalue weighted by atomic mass is 10.3. The highest BCUT2D eigenvalue weighted by molar-refractivity contribution is 6.02. The minimum Gasteiger partial charge on any atom is -0.340 e. The van der Waals surface area contributed by atoms with E-state index in [1.54, 1.807) is 34.2 Å². The van der Waals surface area contributed by atoms with Crippen molar-refractivity contribution in [3.05, 3.63) is 60.9 Å². The van der Waals surface area contributed by atoms with Crippen LogP contribution in [-0.4, -0.2) is 25.2 Å². The molecule has 0 atom stereocenters. The van der Waals surface area contributed by atoms with Crippen LogP contribution in [0.5, 0.6) is 0 Å². The van der Waals surface area contributed by atoms with E-state index in [0.29, 0.717) is 11.4 Å². The van der Waals surface area contributed by atoms with Gasteiger partial charge in [0.25, 0.3) is 5.91 Å². The average molecular weight is 267 g/mol. The van der Waals surface area contributed by atoms with Crippen molar-refractivity contribution >= 4 is 11.6 Å². The van der Waals surface area contributed by atoms with E-state index in [-0.39, 0.29) is 5.91 Å². The molecule has 100 valence electrons. The highest BCUT2D eigenvalue weighted by atomic mass is 16.1. The SMILES string of the molecule is Cn1cnc(C(=O)Nc2cnn(-c3ccccc3)c2)c1. The summed E-state index contributed by atoms with van der Waals surface area (Å²) >= 11 is 0. The zero-order valence-corrected chi connectivity index (χ0v) is 10.9. The molecule has 20 heavy (non-hydrogen) atoms. The van der Waals surface area contributed by atoms with Crippen LogP contribution < -0.4 is 5.32 Å². The van der Waals surface area contributed by atoms with Crippen molar-refractivity contribution in [3.8, 4) is 5.69 Å². The van der Waals surface area contributed by atoms with Crippen molar-refractivity contribution in [2.45, 2.75) is 0 Å². The van der Waals surface area contributed by atoms with Crippen LogP contribution >= 0.6 is 0 Å². The fraction of sp³-hybridized carbons (Fsp3) is 0.0714. The van der Waals surface area contributed by atoms with E-state index in [4.69, 9.17) is 0 Å². The van der Waals surface area contributed by atoms with Gasteiger partial charge in [0.15, 0.2) is 0 Å². The lowest BCUT2D eigenvalue weighted by Gasteiger charge is -2.00. The number of anilines is 1. The molecule has 0 aliphatic carbocycles. The number of benzene rings is 1. The average Bonchev–Trinajstić information content (AvgIpc) is 3.09. The second kappa shape index (κ2) is 5.00. The van der Waals surface area contributed by atoms with Gasteiger partial charge in [-0.15, -0.1) is 0 Å². The van der Waals surface area contributed by atoms with E-state index in [1.165, 1.54) is 0 Å². The molecule has 0 saturated carbocycles. The standard InChI is InChI=1S/C14H13N5O/c1-18-9-13(15-10-18)14(20)17-11-7-16-19(8-11)12-5-3-2-4-6-12/h2-10H,1H3,(H,17,20). The van der Waals surface area contributed by atoms with Crippen LogP contribution in [0.1, 0.15) is 10.5 Å². The lowest BCUT2D eigenvalue weighted by Crippen LogP contribution is -2.11. The Morgan fingerprint density at radius 2 is 2.00 bits per heavy atom. The highest BCUT2D eigenvalue weighted by Gasteiger charge is 2.10. The summed E-state index contributed by atoms with van der Waals surface area (Å²) in [6.45, 7) is 0. The van der Waals surface area contributed by atoms with Gasteiger partial charge in [-0.3, -0.25) is 4.79 Å². The molecule has 3 aromatic rings. The van der Waals surface area contributed by atoms with E-state index in [0.717, 1.165) is 5.69 Å². The zero-order valence-electron chi connectivity index (χ0n) is 10.9. The molecule has 0 spiro atoms. The molecule has 3 rings (SSSR count). The van der Waals surface area contributed by atoms with Gasteiger partial charge in [0.2, 0.25) is 0 Å². The van der Waals surface area contributed by atoms with Crippen molar-refractivity contribution in [2.75, 3.05) is 5.32 Å². The van der Waals surface area contributed by atoms with Crippen molar-refractivity contribution in [3.63, 3.8) is 0 Å². The number of aromatic nitrogens is 4. The molecule has 0 fully saturated rings. The van der Waals surface area contributed by atoms with Crippen LogP contribution in [0.2, 0.25) is 0 Å². The van der Waals surface area contributed by atoms with E-state index >= 15 is 0 Å². The molecule has 0 aliphatic rings. The molecular formula is C14H13N5O. The number of hydrogen-bond donors (Lipinski definition) is 1. The number of rotatable bonds is 3. The Bertz CT molecular complexity index is 729. The van der Waals surface area contributed by atoms with Gasteiger partial charge in [-0.05, 0) is 12.1 Å². The Hall–Kier alpha value is -2.89. The summed E-state index contributed by atoms with van der Waals surface area (Å²) in [6.07, 6.45) is 6.61. The van der Waals surface area contributed by atoms with E-state index < -0.39 is 0 Å². The third-order valence-corrected chi connectivity index (χ3v) is 2.80. The van der Waals surface area contributed by atoms with Crippen molar-refractivity contribution in [2.24, 2.45) is 7.05 Å². The van der Waals surface area contributed by atoms with E-state index in [1.807, 2.05) is 37.4 Å². The summed E-state index contributed by atoms with van der Waals surface area (Å²) in [7, 11) is 1.82.